The molecule has 28 heavy (non-hydrogen) atoms. The van der Waals surface area contributed by atoms with Crippen molar-refractivity contribution in [2.75, 3.05) is 25.6 Å². The second kappa shape index (κ2) is 9.75. The molecule has 1 heterocycles. The summed E-state index contributed by atoms with van der Waals surface area (Å²) in [4.78, 5) is 17.8. The van der Waals surface area contributed by atoms with Crippen molar-refractivity contribution in [1.29, 1.82) is 0 Å². The maximum absolute atomic E-state index is 12.4. The van der Waals surface area contributed by atoms with Gasteiger partial charge in [0.2, 0.25) is 11.8 Å². The summed E-state index contributed by atoms with van der Waals surface area (Å²) in [6, 6.07) is 14.6. The molecule has 1 aromatic heterocycles. The lowest BCUT2D eigenvalue weighted by Crippen LogP contribution is -2.14. The minimum Gasteiger partial charge on any atom is -0.475 e. The molecule has 0 radical (unpaired) electrons. The monoisotopic (exact) mass is 417 g/mol. The van der Waals surface area contributed by atoms with Gasteiger partial charge in [0.25, 0.3) is 0 Å². The standard InChI is InChI=1S/C20H20ClN3O3S/c1-26-8-9-27-20-7-6-15-17(24-20)11-14(12-18(15)28-22)23-19(25)10-13-4-2-3-5-16(13)21/h2-7,11-12H,8-10,22H2,1H3,(H,23,25). The van der Waals surface area contributed by atoms with Crippen LogP contribution in [0.15, 0.2) is 53.4 Å². The summed E-state index contributed by atoms with van der Waals surface area (Å²) >= 11 is 7.23. The Morgan fingerprint density at radius 2 is 2.04 bits per heavy atom. The van der Waals surface area contributed by atoms with Gasteiger partial charge < -0.3 is 14.8 Å². The van der Waals surface area contributed by atoms with Gasteiger partial charge in [0.15, 0.2) is 0 Å². The van der Waals surface area contributed by atoms with Crippen LogP contribution in [0.3, 0.4) is 0 Å². The van der Waals surface area contributed by atoms with Gasteiger partial charge in [-0.05, 0) is 41.8 Å². The van der Waals surface area contributed by atoms with Crippen molar-refractivity contribution in [1.82, 2.24) is 4.98 Å². The summed E-state index contributed by atoms with van der Waals surface area (Å²) in [5, 5.41) is 10.1. The van der Waals surface area contributed by atoms with E-state index in [4.69, 9.17) is 26.2 Å². The molecular formula is C20H20ClN3O3S. The van der Waals surface area contributed by atoms with Gasteiger partial charge in [-0.2, -0.15) is 0 Å². The zero-order chi connectivity index (χ0) is 19.9. The highest BCUT2D eigenvalue weighted by molar-refractivity contribution is 7.97. The van der Waals surface area contributed by atoms with E-state index < -0.39 is 0 Å². The van der Waals surface area contributed by atoms with E-state index >= 15 is 0 Å². The molecule has 0 atom stereocenters. The lowest BCUT2D eigenvalue weighted by atomic mass is 10.1. The van der Waals surface area contributed by atoms with Crippen LogP contribution in [0.2, 0.25) is 5.02 Å². The molecule has 3 N–H and O–H groups in total. The maximum atomic E-state index is 12.4. The largest absolute Gasteiger partial charge is 0.475 e. The van der Waals surface area contributed by atoms with Crippen LogP contribution in [-0.4, -0.2) is 31.2 Å². The van der Waals surface area contributed by atoms with Crippen molar-refractivity contribution in [2.24, 2.45) is 5.14 Å². The fourth-order valence-corrected chi connectivity index (χ4v) is 3.38. The minimum atomic E-state index is -0.173. The molecule has 0 fully saturated rings. The average Bonchev–Trinajstić information content (AvgIpc) is 2.69. The first-order chi connectivity index (χ1) is 13.6. The summed E-state index contributed by atoms with van der Waals surface area (Å²) in [7, 11) is 1.61. The number of amides is 1. The number of rotatable bonds is 8. The SMILES string of the molecule is COCCOc1ccc2c(SN)cc(NC(=O)Cc3ccccc3Cl)cc2n1. The summed E-state index contributed by atoms with van der Waals surface area (Å²) < 4.78 is 10.5. The van der Waals surface area contributed by atoms with Gasteiger partial charge >= 0.3 is 0 Å². The van der Waals surface area contributed by atoms with E-state index in [2.05, 4.69) is 10.3 Å². The number of nitrogens with one attached hydrogen (secondary N) is 1. The predicted molar refractivity (Wildman–Crippen MR) is 113 cm³/mol. The van der Waals surface area contributed by atoms with Crippen LogP contribution in [-0.2, 0) is 16.0 Å². The van der Waals surface area contributed by atoms with E-state index in [0.29, 0.717) is 35.3 Å². The van der Waals surface area contributed by atoms with Crippen LogP contribution in [0.25, 0.3) is 10.9 Å². The quantitative estimate of drug-likeness (QED) is 0.424. The number of nitrogens with zero attached hydrogens (tertiary/aromatic N) is 1. The molecule has 0 aliphatic rings. The number of carbonyl (C=O) groups excluding carboxylic acids is 1. The minimum absolute atomic E-state index is 0.173. The number of anilines is 1. The molecular weight excluding hydrogens is 398 g/mol. The molecule has 0 saturated heterocycles. The average molecular weight is 418 g/mol. The Hall–Kier alpha value is -2.32. The van der Waals surface area contributed by atoms with Gasteiger partial charge in [0.05, 0.1) is 18.5 Å². The number of fused-ring (bicyclic) bond motifs is 1. The van der Waals surface area contributed by atoms with Crippen LogP contribution < -0.4 is 15.2 Å². The topological polar surface area (TPSA) is 86.5 Å². The van der Waals surface area contributed by atoms with Crippen LogP contribution >= 0.6 is 23.5 Å². The summed E-state index contributed by atoms with van der Waals surface area (Å²) in [6.45, 7) is 0.878. The number of halogens is 1. The Kier molecular flexibility index (Phi) is 7.11. The van der Waals surface area contributed by atoms with Gasteiger partial charge in [-0.1, -0.05) is 29.8 Å². The highest BCUT2D eigenvalue weighted by Gasteiger charge is 2.11. The van der Waals surface area contributed by atoms with Crippen molar-refractivity contribution in [3.63, 3.8) is 0 Å². The normalized spacial score (nSPS) is 10.8. The first-order valence-electron chi connectivity index (χ1n) is 8.57. The third kappa shape index (κ3) is 5.14. The number of methoxy groups -OCH3 is 1. The van der Waals surface area contributed by atoms with Crippen LogP contribution in [0.5, 0.6) is 5.88 Å². The van der Waals surface area contributed by atoms with E-state index in [9.17, 15) is 4.79 Å². The molecule has 0 bridgehead atoms. The molecule has 2 aromatic carbocycles. The van der Waals surface area contributed by atoms with Crippen LogP contribution in [0.4, 0.5) is 5.69 Å². The van der Waals surface area contributed by atoms with Crippen molar-refractivity contribution < 1.29 is 14.3 Å². The van der Waals surface area contributed by atoms with E-state index in [1.54, 1.807) is 25.3 Å². The van der Waals surface area contributed by atoms with Crippen molar-refractivity contribution in [2.45, 2.75) is 11.3 Å². The summed E-state index contributed by atoms with van der Waals surface area (Å²) in [5.74, 6) is 0.310. The second-order valence-corrected chi connectivity index (χ2v) is 7.05. The number of benzene rings is 2. The first kappa shape index (κ1) is 20.4. The molecule has 0 aliphatic carbocycles. The van der Waals surface area contributed by atoms with Gasteiger partial charge in [0.1, 0.15) is 6.61 Å². The van der Waals surface area contributed by atoms with Gasteiger partial charge in [0, 0.05) is 34.2 Å². The maximum Gasteiger partial charge on any atom is 0.228 e. The number of ether oxygens (including phenoxy) is 2. The highest BCUT2D eigenvalue weighted by Crippen LogP contribution is 2.30. The Morgan fingerprint density at radius 3 is 2.79 bits per heavy atom. The number of pyridine rings is 1. The number of nitrogens with two attached hydrogens (primary N) is 1. The van der Waals surface area contributed by atoms with E-state index in [-0.39, 0.29) is 12.3 Å². The van der Waals surface area contributed by atoms with E-state index in [1.165, 1.54) is 0 Å². The number of hydrogen-bond acceptors (Lipinski definition) is 6. The fourth-order valence-electron chi connectivity index (χ4n) is 2.68. The van der Waals surface area contributed by atoms with E-state index in [1.807, 2.05) is 30.3 Å². The lowest BCUT2D eigenvalue weighted by molar-refractivity contribution is -0.115. The molecule has 3 aromatic rings. The zero-order valence-corrected chi connectivity index (χ0v) is 16.8. The van der Waals surface area contributed by atoms with Crippen molar-refractivity contribution >= 4 is 46.0 Å². The van der Waals surface area contributed by atoms with Gasteiger partial charge in [-0.3, -0.25) is 9.93 Å². The number of carbonyl (C=O) groups is 1. The highest BCUT2D eigenvalue weighted by atomic mass is 35.5. The fraction of sp³-hybridized carbons (Fsp3) is 0.200. The molecule has 0 saturated carbocycles. The molecule has 8 heteroatoms. The Bertz CT molecular complexity index is 984. The third-order valence-electron chi connectivity index (χ3n) is 4.00. The van der Waals surface area contributed by atoms with Crippen LogP contribution in [0, 0.1) is 0 Å². The smallest absolute Gasteiger partial charge is 0.228 e. The molecule has 1 amide bonds. The Balaban J connectivity index is 1.81. The van der Waals surface area contributed by atoms with Crippen molar-refractivity contribution in [3.8, 4) is 5.88 Å². The molecule has 3 rings (SSSR count). The third-order valence-corrected chi connectivity index (χ3v) is 4.96. The second-order valence-electron chi connectivity index (χ2n) is 5.97. The molecule has 0 unspecified atom stereocenters. The lowest BCUT2D eigenvalue weighted by Gasteiger charge is -2.11. The predicted octanol–water partition coefficient (Wildman–Crippen LogP) is 4.06. The summed E-state index contributed by atoms with van der Waals surface area (Å²) in [6.07, 6.45) is 0.177. The van der Waals surface area contributed by atoms with Gasteiger partial charge in [-0.25, -0.2) is 4.98 Å². The van der Waals surface area contributed by atoms with E-state index in [0.717, 1.165) is 27.8 Å². The zero-order valence-electron chi connectivity index (χ0n) is 15.3. The van der Waals surface area contributed by atoms with Gasteiger partial charge in [-0.15, -0.1) is 0 Å². The number of hydrogen-bond donors (Lipinski definition) is 2. The number of aromatic nitrogens is 1. The first-order valence-corrected chi connectivity index (χ1v) is 9.83. The summed E-state index contributed by atoms with van der Waals surface area (Å²) in [5.41, 5.74) is 2.06. The van der Waals surface area contributed by atoms with Crippen LogP contribution in [0.1, 0.15) is 5.56 Å². The Morgan fingerprint density at radius 1 is 1.21 bits per heavy atom. The molecule has 0 spiro atoms. The van der Waals surface area contributed by atoms with Crippen molar-refractivity contribution in [3.05, 3.63) is 59.1 Å². The molecule has 6 nitrogen and oxygen atoms in total. The molecule has 146 valence electrons. The Labute approximate surface area is 172 Å². The molecule has 0 aliphatic heterocycles.